The Hall–Kier alpha value is -2.65. The first kappa shape index (κ1) is 16.5. The SMILES string of the molecule is N#Cc1cc(Cl)cc2c1CC(Nc1ncc3c(n1)CN(CC1CC1)C3=O)C2. The van der Waals surface area contributed by atoms with E-state index in [4.69, 9.17) is 11.6 Å². The van der Waals surface area contributed by atoms with Crippen molar-refractivity contribution in [2.45, 2.75) is 38.3 Å². The second-order valence-corrected chi connectivity index (χ2v) is 8.07. The van der Waals surface area contributed by atoms with E-state index < -0.39 is 0 Å². The fourth-order valence-corrected chi connectivity index (χ4v) is 4.29. The van der Waals surface area contributed by atoms with Gasteiger partial charge < -0.3 is 10.2 Å². The summed E-state index contributed by atoms with van der Waals surface area (Å²) < 4.78 is 0. The molecule has 2 heterocycles. The predicted octanol–water partition coefficient (Wildman–Crippen LogP) is 2.95. The van der Waals surface area contributed by atoms with E-state index in [1.54, 1.807) is 12.3 Å². The van der Waals surface area contributed by atoms with Crippen molar-refractivity contribution >= 4 is 23.5 Å². The summed E-state index contributed by atoms with van der Waals surface area (Å²) in [5.41, 5.74) is 4.21. The van der Waals surface area contributed by atoms with Crippen molar-refractivity contribution in [2.75, 3.05) is 11.9 Å². The molecule has 136 valence electrons. The van der Waals surface area contributed by atoms with Crippen LogP contribution in [0.4, 0.5) is 5.95 Å². The zero-order valence-corrected chi connectivity index (χ0v) is 15.5. The zero-order chi connectivity index (χ0) is 18.5. The average molecular weight is 380 g/mol. The number of nitrogens with one attached hydrogen (secondary N) is 1. The van der Waals surface area contributed by atoms with Crippen LogP contribution in [-0.4, -0.2) is 33.4 Å². The Morgan fingerprint density at radius 3 is 2.96 bits per heavy atom. The lowest BCUT2D eigenvalue weighted by atomic mass is 10.0. The average Bonchev–Trinajstić information content (AvgIpc) is 3.29. The molecule has 7 heteroatoms. The van der Waals surface area contributed by atoms with Crippen LogP contribution in [-0.2, 0) is 19.4 Å². The van der Waals surface area contributed by atoms with Crippen LogP contribution < -0.4 is 5.32 Å². The first-order chi connectivity index (χ1) is 13.1. The van der Waals surface area contributed by atoms with Crippen LogP contribution in [0, 0.1) is 17.2 Å². The number of amides is 1. The number of anilines is 1. The maximum absolute atomic E-state index is 12.4. The minimum atomic E-state index is 0.0463. The van der Waals surface area contributed by atoms with E-state index in [0.29, 0.717) is 34.6 Å². The molecular weight excluding hydrogens is 362 g/mol. The number of nitriles is 1. The highest BCUT2D eigenvalue weighted by molar-refractivity contribution is 6.30. The summed E-state index contributed by atoms with van der Waals surface area (Å²) in [6, 6.07) is 5.99. The van der Waals surface area contributed by atoms with Crippen molar-refractivity contribution in [2.24, 2.45) is 5.92 Å². The van der Waals surface area contributed by atoms with Gasteiger partial charge in [-0.05, 0) is 54.9 Å². The highest BCUT2D eigenvalue weighted by Crippen LogP contribution is 2.33. The molecule has 5 rings (SSSR count). The molecule has 1 fully saturated rings. The molecule has 0 saturated heterocycles. The van der Waals surface area contributed by atoms with E-state index >= 15 is 0 Å². The van der Waals surface area contributed by atoms with Gasteiger partial charge in [-0.2, -0.15) is 5.26 Å². The second-order valence-electron chi connectivity index (χ2n) is 7.64. The lowest BCUT2D eigenvalue weighted by Crippen LogP contribution is -2.26. The van der Waals surface area contributed by atoms with Gasteiger partial charge in [-0.3, -0.25) is 4.79 Å². The van der Waals surface area contributed by atoms with Crippen LogP contribution in [0.25, 0.3) is 0 Å². The molecule has 1 saturated carbocycles. The van der Waals surface area contributed by atoms with E-state index in [1.807, 2.05) is 11.0 Å². The number of fused-ring (bicyclic) bond motifs is 2. The molecule has 3 aliphatic rings. The van der Waals surface area contributed by atoms with Crippen LogP contribution in [0.2, 0.25) is 5.02 Å². The smallest absolute Gasteiger partial charge is 0.257 e. The number of nitrogens with zero attached hydrogens (tertiary/aromatic N) is 4. The van der Waals surface area contributed by atoms with Gasteiger partial charge in [0.2, 0.25) is 5.95 Å². The molecule has 0 spiro atoms. The predicted molar refractivity (Wildman–Crippen MR) is 100 cm³/mol. The van der Waals surface area contributed by atoms with E-state index in [2.05, 4.69) is 21.4 Å². The van der Waals surface area contributed by atoms with Gasteiger partial charge in [0.25, 0.3) is 5.91 Å². The normalized spacial score (nSPS) is 20.4. The summed E-state index contributed by atoms with van der Waals surface area (Å²) >= 11 is 6.11. The number of carbonyl (C=O) groups is 1. The van der Waals surface area contributed by atoms with E-state index in [-0.39, 0.29) is 11.9 Å². The molecule has 6 nitrogen and oxygen atoms in total. The maximum Gasteiger partial charge on any atom is 0.257 e. The Balaban J connectivity index is 1.32. The topological polar surface area (TPSA) is 81.9 Å². The highest BCUT2D eigenvalue weighted by atomic mass is 35.5. The third-order valence-electron chi connectivity index (χ3n) is 5.58. The summed E-state index contributed by atoms with van der Waals surface area (Å²) in [6.45, 7) is 1.40. The van der Waals surface area contributed by atoms with Crippen LogP contribution >= 0.6 is 11.6 Å². The van der Waals surface area contributed by atoms with Crippen LogP contribution in [0.15, 0.2) is 18.3 Å². The van der Waals surface area contributed by atoms with Crippen molar-refractivity contribution in [1.82, 2.24) is 14.9 Å². The lowest BCUT2D eigenvalue weighted by molar-refractivity contribution is 0.0770. The highest BCUT2D eigenvalue weighted by Gasteiger charge is 2.34. The third kappa shape index (κ3) is 3.02. The van der Waals surface area contributed by atoms with Crippen molar-refractivity contribution in [1.29, 1.82) is 5.26 Å². The molecule has 1 aromatic heterocycles. The van der Waals surface area contributed by atoms with Gasteiger partial charge in [0.1, 0.15) is 0 Å². The standard InChI is InChI=1S/C20H18ClN5O/c21-14-3-12-5-15(6-16(12)13(4-14)7-22)24-20-23-8-17-18(25-20)10-26(19(17)27)9-11-1-2-11/h3-4,8,11,15H,1-2,5-6,9-10H2,(H,23,24,25). The molecule has 0 radical (unpaired) electrons. The molecule has 27 heavy (non-hydrogen) atoms. The molecule has 1 aliphatic heterocycles. The molecule has 2 aromatic rings. The lowest BCUT2D eigenvalue weighted by Gasteiger charge is -2.13. The van der Waals surface area contributed by atoms with Gasteiger partial charge in [-0.15, -0.1) is 0 Å². The number of carbonyl (C=O) groups excluding carboxylic acids is 1. The maximum atomic E-state index is 12.4. The Morgan fingerprint density at radius 2 is 2.19 bits per heavy atom. The molecule has 2 aliphatic carbocycles. The fourth-order valence-electron chi connectivity index (χ4n) is 4.05. The molecule has 1 amide bonds. The Bertz CT molecular complexity index is 995. The fraction of sp³-hybridized carbons (Fsp3) is 0.400. The van der Waals surface area contributed by atoms with Crippen molar-refractivity contribution in [3.8, 4) is 6.07 Å². The summed E-state index contributed by atoms with van der Waals surface area (Å²) in [4.78, 5) is 23.3. The Kier molecular flexibility index (Phi) is 3.80. The van der Waals surface area contributed by atoms with Gasteiger partial charge in [-0.25, -0.2) is 9.97 Å². The number of benzene rings is 1. The van der Waals surface area contributed by atoms with Crippen molar-refractivity contribution in [3.05, 3.63) is 51.3 Å². The van der Waals surface area contributed by atoms with Crippen LogP contribution in [0.3, 0.4) is 0 Å². The number of hydrogen-bond donors (Lipinski definition) is 1. The number of aromatic nitrogens is 2. The summed E-state index contributed by atoms with van der Waals surface area (Å²) in [5.74, 6) is 1.24. The Labute approximate surface area is 162 Å². The van der Waals surface area contributed by atoms with Gasteiger partial charge in [0.05, 0.1) is 29.4 Å². The number of hydrogen-bond acceptors (Lipinski definition) is 5. The van der Waals surface area contributed by atoms with Crippen molar-refractivity contribution in [3.63, 3.8) is 0 Å². The molecule has 1 atom stereocenters. The molecular formula is C20H18ClN5O. The van der Waals surface area contributed by atoms with Crippen LogP contribution in [0.1, 0.15) is 45.6 Å². The molecule has 0 bridgehead atoms. The zero-order valence-electron chi connectivity index (χ0n) is 14.7. The van der Waals surface area contributed by atoms with E-state index in [9.17, 15) is 10.1 Å². The Morgan fingerprint density at radius 1 is 1.33 bits per heavy atom. The van der Waals surface area contributed by atoms with Crippen molar-refractivity contribution < 1.29 is 4.79 Å². The van der Waals surface area contributed by atoms with Gasteiger partial charge in [0.15, 0.2) is 0 Å². The van der Waals surface area contributed by atoms with Gasteiger partial charge in [-0.1, -0.05) is 11.6 Å². The van der Waals surface area contributed by atoms with Gasteiger partial charge >= 0.3 is 0 Å². The first-order valence-electron chi connectivity index (χ1n) is 9.24. The molecule has 1 N–H and O–H groups in total. The second kappa shape index (κ2) is 6.21. The third-order valence-corrected chi connectivity index (χ3v) is 5.80. The minimum Gasteiger partial charge on any atom is -0.351 e. The summed E-state index contributed by atoms with van der Waals surface area (Å²) in [6.07, 6.45) is 5.59. The van der Waals surface area contributed by atoms with E-state index in [1.165, 1.54) is 12.8 Å². The summed E-state index contributed by atoms with van der Waals surface area (Å²) in [7, 11) is 0. The van der Waals surface area contributed by atoms with Gasteiger partial charge in [0, 0.05) is 23.8 Å². The largest absolute Gasteiger partial charge is 0.351 e. The molecule has 1 unspecified atom stereocenters. The number of halogens is 1. The molecule has 1 aromatic carbocycles. The number of rotatable bonds is 4. The quantitative estimate of drug-likeness (QED) is 0.883. The monoisotopic (exact) mass is 379 g/mol. The minimum absolute atomic E-state index is 0.0463. The van der Waals surface area contributed by atoms with Crippen LogP contribution in [0.5, 0.6) is 0 Å². The summed E-state index contributed by atoms with van der Waals surface area (Å²) in [5, 5.41) is 13.3. The van der Waals surface area contributed by atoms with E-state index in [0.717, 1.165) is 36.2 Å². The first-order valence-corrected chi connectivity index (χ1v) is 9.61.